The first kappa shape index (κ1) is 12.8. The van der Waals surface area contributed by atoms with E-state index in [1.807, 2.05) is 0 Å². The summed E-state index contributed by atoms with van der Waals surface area (Å²) in [6.07, 6.45) is -2.93. The van der Waals surface area contributed by atoms with Crippen molar-refractivity contribution in [1.29, 1.82) is 0 Å². The molecule has 1 heterocycles. The molecule has 0 aliphatic rings. The van der Waals surface area contributed by atoms with Crippen LogP contribution in [0.5, 0.6) is 0 Å². The number of carboxylic acids is 1. The van der Waals surface area contributed by atoms with Crippen LogP contribution in [0.1, 0.15) is 23.2 Å². The monoisotopic (exact) mass is 253 g/mol. The molecule has 7 heteroatoms. The Hall–Kier alpha value is -1.30. The summed E-state index contributed by atoms with van der Waals surface area (Å²) in [5.41, 5.74) is -1.30. The van der Waals surface area contributed by atoms with Crippen molar-refractivity contribution in [3.63, 3.8) is 0 Å². The maximum atomic E-state index is 13.4. The van der Waals surface area contributed by atoms with Crippen LogP contribution in [0.2, 0.25) is 0 Å². The Morgan fingerprint density at radius 2 is 2.19 bits per heavy atom. The van der Waals surface area contributed by atoms with Crippen molar-refractivity contribution in [2.45, 2.75) is 18.7 Å². The molecule has 0 spiro atoms. The molecular weight excluding hydrogens is 247 g/mol. The number of aliphatic carboxylic acids is 1. The molecule has 0 unspecified atom stereocenters. The van der Waals surface area contributed by atoms with Gasteiger partial charge in [-0.2, -0.15) is 0 Å². The summed E-state index contributed by atoms with van der Waals surface area (Å²) < 4.78 is 38.0. The van der Waals surface area contributed by atoms with Crippen molar-refractivity contribution in [1.82, 2.24) is 4.98 Å². The van der Waals surface area contributed by atoms with Crippen LogP contribution >= 0.6 is 11.6 Å². The van der Waals surface area contributed by atoms with Crippen LogP contribution in [-0.4, -0.2) is 16.1 Å². The highest BCUT2D eigenvalue weighted by atomic mass is 35.5. The molecule has 0 bridgehead atoms. The van der Waals surface area contributed by atoms with E-state index in [1.165, 1.54) is 0 Å². The highest BCUT2D eigenvalue weighted by Crippen LogP contribution is 2.26. The van der Waals surface area contributed by atoms with Gasteiger partial charge < -0.3 is 5.11 Å². The van der Waals surface area contributed by atoms with Crippen LogP contribution in [0, 0.1) is 5.82 Å². The van der Waals surface area contributed by atoms with Crippen molar-refractivity contribution in [3.05, 3.63) is 28.8 Å². The Morgan fingerprint density at radius 3 is 2.62 bits per heavy atom. The molecule has 3 nitrogen and oxygen atoms in total. The zero-order valence-corrected chi connectivity index (χ0v) is 8.64. The number of alkyl halides is 3. The number of hydrogen-bond acceptors (Lipinski definition) is 2. The fourth-order valence-electron chi connectivity index (χ4n) is 1.17. The van der Waals surface area contributed by atoms with Crippen molar-refractivity contribution in [3.8, 4) is 0 Å². The first-order chi connectivity index (χ1) is 7.47. The van der Waals surface area contributed by atoms with Crippen LogP contribution in [0.25, 0.3) is 0 Å². The molecule has 0 atom stereocenters. The molecular formula is C9H7ClF3NO2. The lowest BCUT2D eigenvalue weighted by molar-refractivity contribution is -0.136. The van der Waals surface area contributed by atoms with Crippen LogP contribution in [0.4, 0.5) is 13.2 Å². The first-order valence-corrected chi connectivity index (χ1v) is 4.72. The Labute approximate surface area is 93.9 Å². The van der Waals surface area contributed by atoms with Crippen LogP contribution in [0.15, 0.2) is 6.20 Å². The van der Waals surface area contributed by atoms with Crippen molar-refractivity contribution < 1.29 is 23.1 Å². The summed E-state index contributed by atoms with van der Waals surface area (Å²) in [5.74, 6) is -2.82. The third-order valence-electron chi connectivity index (χ3n) is 1.91. The minimum absolute atomic E-state index is 0.135. The molecule has 0 radical (unpaired) electrons. The van der Waals surface area contributed by atoms with Crippen LogP contribution in [-0.2, 0) is 17.1 Å². The molecule has 0 saturated carbocycles. The minimum atomic E-state index is -3.01. The average Bonchev–Trinajstić information content (AvgIpc) is 2.16. The number of nitrogens with zero attached hydrogens (tertiary/aromatic N) is 1. The zero-order valence-electron chi connectivity index (χ0n) is 7.88. The number of carboxylic acid groups (broad SMARTS) is 1. The first-order valence-electron chi connectivity index (χ1n) is 4.19. The number of rotatable bonds is 4. The molecule has 1 N–H and O–H groups in total. The molecule has 0 aliphatic heterocycles. The lowest BCUT2D eigenvalue weighted by atomic mass is 10.1. The second-order valence-electron chi connectivity index (χ2n) is 2.96. The number of halogens is 4. The smallest absolute Gasteiger partial charge is 0.309 e. The normalized spacial score (nSPS) is 10.8. The second kappa shape index (κ2) is 5.16. The summed E-state index contributed by atoms with van der Waals surface area (Å²) in [6.45, 7) is 0. The van der Waals surface area contributed by atoms with Gasteiger partial charge in [-0.1, -0.05) is 0 Å². The highest BCUT2D eigenvalue weighted by Gasteiger charge is 2.20. The standard InChI is InChI=1S/C9H7ClF3NO2/c10-2-4-6(1-7(15)16)14-3-5(8(4)11)9(12)13/h3,9H,1-2H2,(H,15,16). The van der Waals surface area contributed by atoms with Gasteiger partial charge in [0.15, 0.2) is 0 Å². The van der Waals surface area contributed by atoms with Gasteiger partial charge in [-0.3, -0.25) is 9.78 Å². The van der Waals surface area contributed by atoms with E-state index in [-0.39, 0.29) is 11.3 Å². The maximum absolute atomic E-state index is 13.4. The van der Waals surface area contributed by atoms with Gasteiger partial charge in [0.05, 0.1) is 23.6 Å². The highest BCUT2D eigenvalue weighted by molar-refractivity contribution is 6.17. The largest absolute Gasteiger partial charge is 0.481 e. The Morgan fingerprint density at radius 1 is 1.56 bits per heavy atom. The molecule has 0 fully saturated rings. The van der Waals surface area contributed by atoms with Crippen molar-refractivity contribution in [2.24, 2.45) is 0 Å². The average molecular weight is 254 g/mol. The van der Waals surface area contributed by atoms with E-state index in [2.05, 4.69) is 4.98 Å². The number of aromatic nitrogens is 1. The van der Waals surface area contributed by atoms with Gasteiger partial charge in [-0.25, -0.2) is 13.2 Å². The van der Waals surface area contributed by atoms with E-state index >= 15 is 0 Å². The van der Waals surface area contributed by atoms with Gasteiger partial charge in [0.1, 0.15) is 5.82 Å². The van der Waals surface area contributed by atoms with E-state index in [9.17, 15) is 18.0 Å². The van der Waals surface area contributed by atoms with Crippen molar-refractivity contribution >= 4 is 17.6 Å². The molecule has 1 aromatic rings. The van der Waals surface area contributed by atoms with E-state index in [1.54, 1.807) is 0 Å². The third kappa shape index (κ3) is 2.63. The Kier molecular flexibility index (Phi) is 4.12. The van der Waals surface area contributed by atoms with Gasteiger partial charge >= 0.3 is 5.97 Å². The van der Waals surface area contributed by atoms with Crippen LogP contribution in [0.3, 0.4) is 0 Å². The third-order valence-corrected chi connectivity index (χ3v) is 2.18. The number of pyridine rings is 1. The molecule has 1 aromatic heterocycles. The summed E-state index contributed by atoms with van der Waals surface area (Å²) in [7, 11) is 0. The van der Waals surface area contributed by atoms with E-state index < -0.39 is 36.1 Å². The van der Waals surface area contributed by atoms with Gasteiger partial charge in [-0.05, 0) is 0 Å². The maximum Gasteiger partial charge on any atom is 0.309 e. The molecule has 0 aliphatic carbocycles. The summed E-state index contributed by atoms with van der Waals surface area (Å²) in [4.78, 5) is 13.9. The SMILES string of the molecule is O=C(O)Cc1ncc(C(F)F)c(F)c1CCl. The molecule has 0 amide bonds. The minimum Gasteiger partial charge on any atom is -0.481 e. The predicted molar refractivity (Wildman–Crippen MR) is 50.0 cm³/mol. The molecule has 16 heavy (non-hydrogen) atoms. The van der Waals surface area contributed by atoms with Gasteiger partial charge in [0.25, 0.3) is 6.43 Å². The van der Waals surface area contributed by atoms with E-state index in [0.29, 0.717) is 6.20 Å². The zero-order chi connectivity index (χ0) is 12.3. The fraction of sp³-hybridized carbons (Fsp3) is 0.333. The quantitative estimate of drug-likeness (QED) is 0.839. The van der Waals surface area contributed by atoms with E-state index in [0.717, 1.165) is 0 Å². The number of hydrogen-bond donors (Lipinski definition) is 1. The summed E-state index contributed by atoms with van der Waals surface area (Å²) >= 11 is 5.38. The topological polar surface area (TPSA) is 50.2 Å². The molecule has 88 valence electrons. The molecule has 0 aromatic carbocycles. The molecule has 1 rings (SSSR count). The summed E-state index contributed by atoms with van der Waals surface area (Å²) in [6, 6.07) is 0. The van der Waals surface area contributed by atoms with Gasteiger partial charge in [0, 0.05) is 11.8 Å². The Bertz CT molecular complexity index is 412. The van der Waals surface area contributed by atoms with Gasteiger partial charge in [0.2, 0.25) is 0 Å². The molecule has 0 saturated heterocycles. The lowest BCUT2D eigenvalue weighted by Crippen LogP contribution is -2.09. The second-order valence-corrected chi connectivity index (χ2v) is 3.22. The van der Waals surface area contributed by atoms with Gasteiger partial charge in [-0.15, -0.1) is 11.6 Å². The fourth-order valence-corrected chi connectivity index (χ4v) is 1.44. The predicted octanol–water partition coefficient (Wildman–Crippen LogP) is 2.52. The van der Waals surface area contributed by atoms with E-state index in [4.69, 9.17) is 16.7 Å². The lowest BCUT2D eigenvalue weighted by Gasteiger charge is -2.09. The summed E-state index contributed by atoms with van der Waals surface area (Å²) in [5, 5.41) is 8.50. The van der Waals surface area contributed by atoms with Crippen LogP contribution < -0.4 is 0 Å². The Balaban J connectivity index is 3.23. The number of carbonyl (C=O) groups is 1. The van der Waals surface area contributed by atoms with Crippen molar-refractivity contribution in [2.75, 3.05) is 0 Å².